The van der Waals surface area contributed by atoms with Gasteiger partial charge >= 0.3 is 0 Å². The zero-order valence-corrected chi connectivity index (χ0v) is 13.9. The van der Waals surface area contributed by atoms with Gasteiger partial charge in [0.05, 0.1) is 30.3 Å². The maximum atomic E-state index is 12.2. The third-order valence-corrected chi connectivity index (χ3v) is 4.30. The summed E-state index contributed by atoms with van der Waals surface area (Å²) in [6.07, 6.45) is 3.69. The molecule has 0 aliphatic heterocycles. The summed E-state index contributed by atoms with van der Waals surface area (Å²) in [6, 6.07) is 9.23. The van der Waals surface area contributed by atoms with Crippen LogP contribution in [0.15, 0.2) is 47.5 Å². The molecule has 0 radical (unpaired) electrons. The average molecular weight is 374 g/mol. The van der Waals surface area contributed by atoms with Gasteiger partial charge in [0.25, 0.3) is 0 Å². The van der Waals surface area contributed by atoms with Crippen molar-refractivity contribution in [2.45, 2.75) is 19.0 Å². The van der Waals surface area contributed by atoms with Crippen LogP contribution in [0.2, 0.25) is 0 Å². The van der Waals surface area contributed by atoms with E-state index >= 15 is 0 Å². The molecule has 1 amide bonds. The number of fused-ring (bicyclic) bond motifs is 1. The first kappa shape index (κ1) is 15.6. The topological polar surface area (TPSA) is 96.7 Å². The number of carbonyl (C=O) groups excluding carboxylic acids is 1. The lowest BCUT2D eigenvalue weighted by atomic mass is 10.1. The van der Waals surface area contributed by atoms with Gasteiger partial charge in [0, 0.05) is 18.0 Å². The van der Waals surface area contributed by atoms with Crippen LogP contribution in [-0.2, 0) is 17.8 Å². The normalized spacial score (nSPS) is 12.3. The van der Waals surface area contributed by atoms with Gasteiger partial charge in [-0.3, -0.25) is 9.78 Å². The quantitative estimate of drug-likeness (QED) is 0.636. The van der Waals surface area contributed by atoms with E-state index in [-0.39, 0.29) is 5.91 Å². The highest BCUT2D eigenvalue weighted by Crippen LogP contribution is 2.16. The van der Waals surface area contributed by atoms with Crippen LogP contribution in [0.25, 0.3) is 10.8 Å². The van der Waals surface area contributed by atoms with Crippen LogP contribution in [0.4, 0.5) is 0 Å². The Kier molecular flexibility index (Phi) is 4.68. The summed E-state index contributed by atoms with van der Waals surface area (Å²) < 4.78 is 0.677. The Labute approximate surface area is 141 Å². The first-order valence-corrected chi connectivity index (χ1v) is 7.98. The van der Waals surface area contributed by atoms with Crippen LogP contribution in [0, 0.1) is 0 Å². The van der Waals surface area contributed by atoms with Gasteiger partial charge in [-0.2, -0.15) is 0 Å². The molecule has 0 saturated carbocycles. The molecular formula is C16H16BrN5O. The van der Waals surface area contributed by atoms with E-state index in [0.717, 1.165) is 22.2 Å². The predicted molar refractivity (Wildman–Crippen MR) is 91.6 cm³/mol. The second-order valence-electron chi connectivity index (χ2n) is 5.18. The third kappa shape index (κ3) is 3.57. The highest BCUT2D eigenvalue weighted by molar-refractivity contribution is 9.10. The van der Waals surface area contributed by atoms with Crippen LogP contribution in [-0.4, -0.2) is 26.9 Å². The van der Waals surface area contributed by atoms with Crippen LogP contribution < -0.4 is 11.1 Å². The molecule has 0 fully saturated rings. The fourth-order valence-electron chi connectivity index (χ4n) is 2.39. The Bertz CT molecular complexity index is 827. The van der Waals surface area contributed by atoms with Gasteiger partial charge in [0.15, 0.2) is 0 Å². The molecule has 6 nitrogen and oxygen atoms in total. The zero-order chi connectivity index (χ0) is 16.2. The molecule has 118 valence electrons. The largest absolute Gasteiger partial charge is 0.349 e. The van der Waals surface area contributed by atoms with E-state index in [1.807, 2.05) is 30.3 Å². The van der Waals surface area contributed by atoms with Crippen LogP contribution in [0.3, 0.4) is 0 Å². The Hall–Kier alpha value is -2.25. The number of nitrogens with two attached hydrogens (primary N) is 1. The van der Waals surface area contributed by atoms with E-state index in [4.69, 9.17) is 5.73 Å². The lowest BCUT2D eigenvalue weighted by molar-refractivity contribution is -0.122. The van der Waals surface area contributed by atoms with E-state index in [9.17, 15) is 4.79 Å². The highest BCUT2D eigenvalue weighted by atomic mass is 79.9. The van der Waals surface area contributed by atoms with Gasteiger partial charge in [-0.25, -0.2) is 4.98 Å². The second-order valence-corrected chi connectivity index (χ2v) is 5.93. The number of nitrogens with one attached hydrogen (secondary N) is 2. The van der Waals surface area contributed by atoms with Crippen molar-refractivity contribution in [2.75, 3.05) is 0 Å². The van der Waals surface area contributed by atoms with Crippen LogP contribution in [0.5, 0.6) is 0 Å². The van der Waals surface area contributed by atoms with Crippen molar-refractivity contribution >= 4 is 32.6 Å². The molecule has 1 aromatic carbocycles. The molecule has 0 aliphatic rings. The molecular weight excluding hydrogens is 358 g/mol. The van der Waals surface area contributed by atoms with Gasteiger partial charge in [0.2, 0.25) is 5.91 Å². The molecule has 1 unspecified atom stereocenters. The number of amides is 1. The molecule has 3 rings (SSSR count). The van der Waals surface area contributed by atoms with Crippen molar-refractivity contribution in [1.29, 1.82) is 0 Å². The molecule has 3 aromatic rings. The number of halogens is 1. The first-order valence-electron chi connectivity index (χ1n) is 7.19. The van der Waals surface area contributed by atoms with E-state index in [1.54, 1.807) is 12.5 Å². The second kappa shape index (κ2) is 6.89. The number of aromatic nitrogens is 3. The molecule has 2 heterocycles. The summed E-state index contributed by atoms with van der Waals surface area (Å²) in [4.78, 5) is 23.5. The van der Waals surface area contributed by atoms with E-state index in [1.165, 1.54) is 0 Å². The minimum atomic E-state index is -0.651. The third-order valence-electron chi connectivity index (χ3n) is 3.61. The Morgan fingerprint density at radius 3 is 2.91 bits per heavy atom. The molecule has 4 N–H and O–H groups in total. The van der Waals surface area contributed by atoms with Crippen molar-refractivity contribution in [2.24, 2.45) is 5.73 Å². The first-order chi connectivity index (χ1) is 11.1. The Morgan fingerprint density at radius 2 is 2.13 bits per heavy atom. The summed E-state index contributed by atoms with van der Waals surface area (Å²) in [5.74, 6) is -0.221. The molecule has 7 heteroatoms. The predicted octanol–water partition coefficient (Wildman–Crippen LogP) is 1.91. The Balaban J connectivity index is 1.65. The highest BCUT2D eigenvalue weighted by Gasteiger charge is 2.16. The summed E-state index contributed by atoms with van der Waals surface area (Å²) >= 11 is 3.31. The number of benzene rings is 1. The smallest absolute Gasteiger partial charge is 0.237 e. The minimum absolute atomic E-state index is 0.221. The summed E-state index contributed by atoms with van der Waals surface area (Å²) in [7, 11) is 0. The number of aromatic amines is 1. The number of carbonyl (C=O) groups is 1. The van der Waals surface area contributed by atoms with Crippen molar-refractivity contribution in [1.82, 2.24) is 20.3 Å². The van der Waals surface area contributed by atoms with E-state index < -0.39 is 6.04 Å². The number of pyridine rings is 1. The number of nitrogens with zero attached hydrogens (tertiary/aromatic N) is 2. The van der Waals surface area contributed by atoms with Crippen LogP contribution in [0.1, 0.15) is 11.4 Å². The zero-order valence-electron chi connectivity index (χ0n) is 12.3. The standard InChI is InChI=1S/C16H16BrN5O/c17-15-13(21-9-22-15)7-12(18)16(23)20-8-14-11-4-2-1-3-10(11)5-6-19-14/h1-6,9,12H,7-8,18H2,(H,20,23)(H,21,22). The van der Waals surface area contributed by atoms with Gasteiger partial charge in [-0.1, -0.05) is 24.3 Å². The molecule has 0 saturated heterocycles. The Morgan fingerprint density at radius 1 is 1.30 bits per heavy atom. The molecule has 1 atom stereocenters. The van der Waals surface area contributed by atoms with E-state index in [2.05, 4.69) is 36.2 Å². The summed E-state index contributed by atoms with van der Waals surface area (Å²) in [5.41, 5.74) is 7.58. The van der Waals surface area contributed by atoms with E-state index in [0.29, 0.717) is 17.6 Å². The summed E-state index contributed by atoms with van der Waals surface area (Å²) in [6.45, 7) is 0.345. The number of imidazole rings is 1. The summed E-state index contributed by atoms with van der Waals surface area (Å²) in [5, 5.41) is 4.97. The van der Waals surface area contributed by atoms with Gasteiger partial charge in [-0.05, 0) is 27.4 Å². The monoisotopic (exact) mass is 373 g/mol. The van der Waals surface area contributed by atoms with Gasteiger partial charge in [-0.15, -0.1) is 0 Å². The number of hydrogen-bond acceptors (Lipinski definition) is 4. The number of H-pyrrole nitrogens is 1. The fourth-order valence-corrected chi connectivity index (χ4v) is 2.76. The molecule has 0 aliphatic carbocycles. The number of rotatable bonds is 5. The lowest BCUT2D eigenvalue weighted by Crippen LogP contribution is -2.41. The van der Waals surface area contributed by atoms with Gasteiger partial charge in [0.1, 0.15) is 4.60 Å². The van der Waals surface area contributed by atoms with Crippen molar-refractivity contribution in [3.05, 3.63) is 58.8 Å². The molecule has 0 spiro atoms. The number of hydrogen-bond donors (Lipinski definition) is 3. The lowest BCUT2D eigenvalue weighted by Gasteiger charge is -2.12. The van der Waals surface area contributed by atoms with Crippen molar-refractivity contribution in [3.8, 4) is 0 Å². The maximum Gasteiger partial charge on any atom is 0.237 e. The maximum absolute atomic E-state index is 12.2. The minimum Gasteiger partial charge on any atom is -0.349 e. The fraction of sp³-hybridized carbons (Fsp3) is 0.188. The average Bonchev–Trinajstić information content (AvgIpc) is 2.97. The molecule has 2 aromatic heterocycles. The molecule has 23 heavy (non-hydrogen) atoms. The molecule has 0 bridgehead atoms. The van der Waals surface area contributed by atoms with Gasteiger partial charge < -0.3 is 16.0 Å². The van der Waals surface area contributed by atoms with Crippen molar-refractivity contribution in [3.63, 3.8) is 0 Å². The van der Waals surface area contributed by atoms with Crippen LogP contribution >= 0.6 is 15.9 Å². The SMILES string of the molecule is NC(Cc1[nH]cnc1Br)C(=O)NCc1nccc2ccccc12. The van der Waals surface area contributed by atoms with Crippen molar-refractivity contribution < 1.29 is 4.79 Å².